The van der Waals surface area contributed by atoms with Crippen LogP contribution in [0.2, 0.25) is 0 Å². The van der Waals surface area contributed by atoms with E-state index < -0.39 is 0 Å². The molecular formula is C9H16ClN3S. The Morgan fingerprint density at radius 2 is 2.43 bits per heavy atom. The number of hydrogen-bond donors (Lipinski definition) is 1. The minimum Gasteiger partial charge on any atom is -0.351 e. The fraction of sp³-hybridized carbons (Fsp3) is 0.778. The largest absolute Gasteiger partial charge is 0.351 e. The third kappa shape index (κ3) is 2.42. The highest BCUT2D eigenvalue weighted by molar-refractivity contribution is 8.14. The Balaban J connectivity index is 0.000000980. The maximum atomic E-state index is 7.40. The third-order valence-electron chi connectivity index (χ3n) is 2.70. The van der Waals surface area contributed by atoms with Gasteiger partial charge in [-0.2, -0.15) is 0 Å². The smallest absolute Gasteiger partial charge is 0.166 e. The minimum absolute atomic E-state index is 0. The molecule has 5 heteroatoms. The van der Waals surface area contributed by atoms with Crippen molar-refractivity contribution in [1.29, 1.82) is 5.41 Å². The van der Waals surface area contributed by atoms with E-state index in [9.17, 15) is 0 Å². The lowest BCUT2D eigenvalue weighted by atomic mass is 10.1. The molecule has 3 nitrogen and oxygen atoms in total. The Hall–Kier alpha value is -0.220. The molecule has 0 amide bonds. The van der Waals surface area contributed by atoms with Crippen LogP contribution in [0, 0.1) is 11.3 Å². The molecule has 1 atom stereocenters. The SMILES string of the molecule is CCC1CCN(C2=NC(=N)CS2)C1.Cl. The molecule has 14 heavy (non-hydrogen) atoms. The van der Waals surface area contributed by atoms with E-state index in [0.717, 1.165) is 29.9 Å². The number of likely N-dealkylation sites (tertiary alicyclic amines) is 1. The Labute approximate surface area is 95.3 Å². The van der Waals surface area contributed by atoms with Gasteiger partial charge in [0, 0.05) is 13.1 Å². The van der Waals surface area contributed by atoms with Gasteiger partial charge in [0.25, 0.3) is 0 Å². The Morgan fingerprint density at radius 3 is 2.93 bits per heavy atom. The van der Waals surface area contributed by atoms with Crippen molar-refractivity contribution >= 4 is 35.2 Å². The number of halogens is 1. The van der Waals surface area contributed by atoms with E-state index in [4.69, 9.17) is 5.41 Å². The number of amidine groups is 2. The van der Waals surface area contributed by atoms with Crippen LogP contribution in [-0.4, -0.2) is 34.7 Å². The lowest BCUT2D eigenvalue weighted by molar-refractivity contribution is 0.480. The second kappa shape index (κ2) is 5.03. The van der Waals surface area contributed by atoms with Crippen LogP contribution in [0.1, 0.15) is 19.8 Å². The first kappa shape index (κ1) is 11.9. The zero-order valence-electron chi connectivity index (χ0n) is 8.32. The molecule has 1 saturated heterocycles. The summed E-state index contributed by atoms with van der Waals surface area (Å²) in [5.41, 5.74) is 0. The molecule has 2 rings (SSSR count). The summed E-state index contributed by atoms with van der Waals surface area (Å²) in [6, 6.07) is 0. The van der Waals surface area contributed by atoms with Gasteiger partial charge in [-0.1, -0.05) is 25.1 Å². The summed E-state index contributed by atoms with van der Waals surface area (Å²) in [4.78, 5) is 6.56. The highest BCUT2D eigenvalue weighted by Crippen LogP contribution is 2.25. The monoisotopic (exact) mass is 233 g/mol. The first-order chi connectivity index (χ1) is 6.29. The predicted molar refractivity (Wildman–Crippen MR) is 64.8 cm³/mol. The molecule has 0 aromatic rings. The molecule has 1 unspecified atom stereocenters. The van der Waals surface area contributed by atoms with Gasteiger partial charge in [-0.05, 0) is 12.3 Å². The van der Waals surface area contributed by atoms with Gasteiger partial charge in [-0.25, -0.2) is 4.99 Å². The molecule has 1 N–H and O–H groups in total. The van der Waals surface area contributed by atoms with Crippen molar-refractivity contribution in [2.75, 3.05) is 18.8 Å². The van der Waals surface area contributed by atoms with E-state index in [0.29, 0.717) is 5.84 Å². The van der Waals surface area contributed by atoms with Gasteiger partial charge in [-0.15, -0.1) is 12.4 Å². The van der Waals surface area contributed by atoms with Gasteiger partial charge < -0.3 is 4.90 Å². The van der Waals surface area contributed by atoms with Gasteiger partial charge >= 0.3 is 0 Å². The van der Waals surface area contributed by atoms with Gasteiger partial charge in [0.15, 0.2) is 5.17 Å². The molecular weight excluding hydrogens is 218 g/mol. The van der Waals surface area contributed by atoms with Crippen LogP contribution in [0.5, 0.6) is 0 Å². The fourth-order valence-corrected chi connectivity index (χ4v) is 2.67. The normalized spacial score (nSPS) is 26.4. The molecule has 0 spiro atoms. The lowest BCUT2D eigenvalue weighted by Gasteiger charge is -2.16. The van der Waals surface area contributed by atoms with Crippen molar-refractivity contribution < 1.29 is 0 Å². The van der Waals surface area contributed by atoms with E-state index in [1.54, 1.807) is 11.8 Å². The van der Waals surface area contributed by atoms with Crippen LogP contribution in [0.4, 0.5) is 0 Å². The molecule has 2 aliphatic heterocycles. The summed E-state index contributed by atoms with van der Waals surface area (Å²) in [7, 11) is 0. The molecule has 0 radical (unpaired) electrons. The average molecular weight is 234 g/mol. The summed E-state index contributed by atoms with van der Waals surface area (Å²) in [6.45, 7) is 4.53. The number of rotatable bonds is 1. The van der Waals surface area contributed by atoms with Gasteiger partial charge in [0.2, 0.25) is 0 Å². The van der Waals surface area contributed by atoms with Crippen LogP contribution in [0.3, 0.4) is 0 Å². The summed E-state index contributed by atoms with van der Waals surface area (Å²) in [5, 5.41) is 8.49. The van der Waals surface area contributed by atoms with Crippen molar-refractivity contribution in [3.05, 3.63) is 0 Å². The molecule has 0 saturated carbocycles. The number of aliphatic imine (C=N–C) groups is 1. The first-order valence-electron chi connectivity index (χ1n) is 4.83. The molecule has 0 bridgehead atoms. The molecule has 1 fully saturated rings. The van der Waals surface area contributed by atoms with Crippen molar-refractivity contribution in [2.24, 2.45) is 10.9 Å². The molecule has 80 valence electrons. The summed E-state index contributed by atoms with van der Waals surface area (Å²) < 4.78 is 0. The van der Waals surface area contributed by atoms with Crippen LogP contribution < -0.4 is 0 Å². The second-order valence-corrected chi connectivity index (χ2v) is 4.58. The van der Waals surface area contributed by atoms with Gasteiger partial charge in [0.1, 0.15) is 5.84 Å². The third-order valence-corrected chi connectivity index (χ3v) is 3.73. The average Bonchev–Trinajstić information content (AvgIpc) is 2.71. The van der Waals surface area contributed by atoms with Crippen molar-refractivity contribution in [3.63, 3.8) is 0 Å². The van der Waals surface area contributed by atoms with E-state index >= 15 is 0 Å². The molecule has 0 aromatic heterocycles. The maximum Gasteiger partial charge on any atom is 0.166 e. The van der Waals surface area contributed by atoms with Gasteiger partial charge in [0.05, 0.1) is 5.75 Å². The van der Waals surface area contributed by atoms with E-state index in [2.05, 4.69) is 16.8 Å². The van der Waals surface area contributed by atoms with Crippen molar-refractivity contribution in [3.8, 4) is 0 Å². The molecule has 2 aliphatic rings. The van der Waals surface area contributed by atoms with Crippen LogP contribution in [0.15, 0.2) is 4.99 Å². The topological polar surface area (TPSA) is 39.5 Å². The number of nitrogens with zero attached hydrogens (tertiary/aromatic N) is 2. The zero-order valence-corrected chi connectivity index (χ0v) is 9.96. The van der Waals surface area contributed by atoms with E-state index in [-0.39, 0.29) is 12.4 Å². The molecule has 2 heterocycles. The minimum atomic E-state index is 0. The first-order valence-corrected chi connectivity index (χ1v) is 5.82. The Bertz CT molecular complexity index is 254. The summed E-state index contributed by atoms with van der Waals surface area (Å²) in [5.74, 6) is 2.14. The van der Waals surface area contributed by atoms with Gasteiger partial charge in [-0.3, -0.25) is 5.41 Å². The van der Waals surface area contributed by atoms with Crippen LogP contribution >= 0.6 is 24.2 Å². The second-order valence-electron chi connectivity index (χ2n) is 3.64. The summed E-state index contributed by atoms with van der Waals surface area (Å²) >= 11 is 1.71. The van der Waals surface area contributed by atoms with E-state index in [1.807, 2.05) is 0 Å². The fourth-order valence-electron chi connectivity index (χ4n) is 1.81. The summed E-state index contributed by atoms with van der Waals surface area (Å²) in [6.07, 6.45) is 2.56. The maximum absolute atomic E-state index is 7.40. The Morgan fingerprint density at radius 1 is 1.64 bits per heavy atom. The standard InChI is InChI=1S/C9H15N3S.ClH/c1-2-7-3-4-12(5-7)9-11-8(10)6-13-9;/h7,10H,2-6H2,1H3;1H. The number of thioether (sulfide) groups is 1. The highest BCUT2D eigenvalue weighted by atomic mass is 35.5. The quantitative estimate of drug-likeness (QED) is 0.755. The molecule has 0 aliphatic carbocycles. The molecule has 0 aromatic carbocycles. The van der Waals surface area contributed by atoms with Crippen molar-refractivity contribution in [2.45, 2.75) is 19.8 Å². The van der Waals surface area contributed by atoms with E-state index in [1.165, 1.54) is 12.8 Å². The number of nitrogens with one attached hydrogen (secondary N) is 1. The van der Waals surface area contributed by atoms with Crippen molar-refractivity contribution in [1.82, 2.24) is 4.90 Å². The number of hydrogen-bond acceptors (Lipinski definition) is 3. The van der Waals surface area contributed by atoms with Crippen LogP contribution in [0.25, 0.3) is 0 Å². The highest BCUT2D eigenvalue weighted by Gasteiger charge is 2.26. The van der Waals surface area contributed by atoms with Crippen LogP contribution in [-0.2, 0) is 0 Å². The predicted octanol–water partition coefficient (Wildman–Crippen LogP) is 2.22. The Kier molecular flexibility index (Phi) is 4.26. The zero-order chi connectivity index (χ0) is 9.26. The lowest BCUT2D eigenvalue weighted by Crippen LogP contribution is -2.25.